The van der Waals surface area contributed by atoms with Crippen LogP contribution in [-0.4, -0.2) is 25.5 Å². The Morgan fingerprint density at radius 3 is 2.79 bits per heavy atom. The van der Waals surface area contributed by atoms with E-state index in [4.69, 9.17) is 4.74 Å². The zero-order chi connectivity index (χ0) is 17.1. The van der Waals surface area contributed by atoms with Crippen molar-refractivity contribution in [3.05, 3.63) is 53.0 Å². The van der Waals surface area contributed by atoms with Crippen molar-refractivity contribution in [3.8, 4) is 5.75 Å². The van der Waals surface area contributed by atoms with Gasteiger partial charge in [-0.05, 0) is 30.3 Å². The molecule has 1 fully saturated rings. The van der Waals surface area contributed by atoms with Gasteiger partial charge in [0.15, 0.2) is 0 Å². The van der Waals surface area contributed by atoms with Crippen LogP contribution in [0.5, 0.6) is 5.75 Å². The van der Waals surface area contributed by atoms with E-state index >= 15 is 0 Å². The Morgan fingerprint density at radius 1 is 1.25 bits per heavy atom. The maximum Gasteiger partial charge on any atom is 0.229 e. The molecule has 0 bridgehead atoms. The molecule has 24 heavy (non-hydrogen) atoms. The number of carbonyl (C=O) groups excluding carboxylic acids is 2. The zero-order valence-corrected chi connectivity index (χ0v) is 14.7. The molecule has 1 atom stereocenters. The summed E-state index contributed by atoms with van der Waals surface area (Å²) < 4.78 is 6.08. The number of methoxy groups -OCH3 is 1. The molecule has 1 aliphatic heterocycles. The predicted octanol–water partition coefficient (Wildman–Crippen LogP) is 3.45. The zero-order valence-electron chi connectivity index (χ0n) is 13.2. The fraction of sp³-hybridized carbons (Fsp3) is 0.222. The van der Waals surface area contributed by atoms with Gasteiger partial charge in [-0.1, -0.05) is 28.1 Å². The first-order valence-electron chi connectivity index (χ1n) is 7.57. The van der Waals surface area contributed by atoms with Gasteiger partial charge in [-0.15, -0.1) is 0 Å². The second-order valence-corrected chi connectivity index (χ2v) is 6.52. The Morgan fingerprint density at radius 2 is 2.04 bits per heavy atom. The van der Waals surface area contributed by atoms with Gasteiger partial charge in [0.25, 0.3) is 0 Å². The predicted molar refractivity (Wildman–Crippen MR) is 96.2 cm³/mol. The molecule has 0 radical (unpaired) electrons. The number of hydrogen-bond acceptors (Lipinski definition) is 3. The van der Waals surface area contributed by atoms with Crippen LogP contribution < -0.4 is 15.0 Å². The van der Waals surface area contributed by atoms with Crippen LogP contribution in [0.4, 0.5) is 11.4 Å². The van der Waals surface area contributed by atoms with E-state index in [9.17, 15) is 9.59 Å². The molecule has 1 N–H and O–H groups in total. The molecule has 1 aliphatic rings. The molecule has 0 saturated carbocycles. The van der Waals surface area contributed by atoms with E-state index in [-0.39, 0.29) is 24.2 Å². The summed E-state index contributed by atoms with van der Waals surface area (Å²) in [6, 6.07) is 14.7. The van der Waals surface area contributed by atoms with Crippen molar-refractivity contribution in [2.24, 2.45) is 5.92 Å². The molecule has 2 aromatic rings. The number of rotatable bonds is 4. The highest BCUT2D eigenvalue weighted by molar-refractivity contribution is 9.10. The third-order valence-corrected chi connectivity index (χ3v) is 4.45. The molecule has 5 nitrogen and oxygen atoms in total. The van der Waals surface area contributed by atoms with Crippen LogP contribution in [-0.2, 0) is 9.59 Å². The molecule has 1 heterocycles. The van der Waals surface area contributed by atoms with Crippen molar-refractivity contribution in [1.29, 1.82) is 0 Å². The van der Waals surface area contributed by atoms with Gasteiger partial charge in [0.2, 0.25) is 11.8 Å². The number of benzene rings is 2. The van der Waals surface area contributed by atoms with Crippen LogP contribution in [0, 0.1) is 5.92 Å². The summed E-state index contributed by atoms with van der Waals surface area (Å²) in [5, 5.41) is 2.87. The summed E-state index contributed by atoms with van der Waals surface area (Å²) >= 11 is 3.37. The minimum atomic E-state index is -0.373. The molecule has 0 unspecified atom stereocenters. The highest BCUT2D eigenvalue weighted by Crippen LogP contribution is 2.28. The van der Waals surface area contributed by atoms with E-state index in [0.717, 1.165) is 10.2 Å². The van der Waals surface area contributed by atoms with Crippen LogP contribution in [0.25, 0.3) is 0 Å². The molecular weight excluding hydrogens is 372 g/mol. The summed E-state index contributed by atoms with van der Waals surface area (Å²) in [7, 11) is 1.58. The van der Waals surface area contributed by atoms with Gasteiger partial charge in [0.1, 0.15) is 5.75 Å². The van der Waals surface area contributed by atoms with Crippen LogP contribution in [0.2, 0.25) is 0 Å². The number of anilines is 2. The van der Waals surface area contributed by atoms with Crippen molar-refractivity contribution in [1.82, 2.24) is 0 Å². The van der Waals surface area contributed by atoms with Crippen molar-refractivity contribution in [2.45, 2.75) is 6.42 Å². The van der Waals surface area contributed by atoms with Gasteiger partial charge >= 0.3 is 0 Å². The highest BCUT2D eigenvalue weighted by atomic mass is 79.9. The van der Waals surface area contributed by atoms with E-state index < -0.39 is 0 Å². The van der Waals surface area contributed by atoms with Gasteiger partial charge in [-0.25, -0.2) is 0 Å². The minimum absolute atomic E-state index is 0.0577. The number of halogens is 1. The smallest absolute Gasteiger partial charge is 0.229 e. The monoisotopic (exact) mass is 388 g/mol. The van der Waals surface area contributed by atoms with Gasteiger partial charge in [-0.2, -0.15) is 0 Å². The first kappa shape index (κ1) is 16.5. The normalized spacial score (nSPS) is 17.0. The number of nitrogens with one attached hydrogen (secondary N) is 1. The number of hydrogen-bond donors (Lipinski definition) is 1. The highest BCUT2D eigenvalue weighted by Gasteiger charge is 2.35. The van der Waals surface area contributed by atoms with Crippen LogP contribution in [0.1, 0.15) is 6.42 Å². The van der Waals surface area contributed by atoms with Gasteiger partial charge in [0, 0.05) is 34.9 Å². The third-order valence-electron chi connectivity index (χ3n) is 3.95. The minimum Gasteiger partial charge on any atom is -0.497 e. The summed E-state index contributed by atoms with van der Waals surface area (Å²) in [5.74, 6) is 0.106. The number of carbonyl (C=O) groups is 2. The van der Waals surface area contributed by atoms with Gasteiger partial charge < -0.3 is 15.0 Å². The quantitative estimate of drug-likeness (QED) is 0.872. The lowest BCUT2D eigenvalue weighted by atomic mass is 10.1. The standard InChI is InChI=1S/C18H17BrN2O3/c1-24-16-7-3-6-15(10-16)21-11-12(8-17(21)22)18(23)20-14-5-2-4-13(19)9-14/h2-7,9-10,12H,8,11H2,1H3,(H,20,23)/t12-/m1/s1. The van der Waals surface area contributed by atoms with E-state index in [0.29, 0.717) is 18.0 Å². The van der Waals surface area contributed by atoms with Crippen LogP contribution in [0.3, 0.4) is 0 Å². The Labute approximate surface area is 148 Å². The Hall–Kier alpha value is -2.34. The van der Waals surface area contributed by atoms with Crippen LogP contribution in [0.15, 0.2) is 53.0 Å². The molecule has 2 aromatic carbocycles. The Bertz CT molecular complexity index is 778. The second kappa shape index (κ2) is 7.05. The summed E-state index contributed by atoms with van der Waals surface area (Å²) in [5.41, 5.74) is 1.46. The SMILES string of the molecule is COc1cccc(N2C[C@H](C(=O)Nc3cccc(Br)c3)CC2=O)c1. The number of nitrogens with zero attached hydrogens (tertiary/aromatic N) is 1. The van der Waals surface area contributed by atoms with E-state index in [1.165, 1.54) is 0 Å². The lowest BCUT2D eigenvalue weighted by Gasteiger charge is -2.17. The average molecular weight is 389 g/mol. The van der Waals surface area contributed by atoms with E-state index in [1.807, 2.05) is 42.5 Å². The topological polar surface area (TPSA) is 58.6 Å². The summed E-state index contributed by atoms with van der Waals surface area (Å²) in [6.07, 6.45) is 0.205. The molecule has 2 amide bonds. The van der Waals surface area contributed by atoms with Gasteiger partial charge in [0.05, 0.1) is 13.0 Å². The van der Waals surface area contributed by atoms with Crippen molar-refractivity contribution in [3.63, 3.8) is 0 Å². The lowest BCUT2D eigenvalue weighted by Crippen LogP contribution is -2.28. The van der Waals surface area contributed by atoms with Crippen molar-refractivity contribution >= 4 is 39.1 Å². The summed E-state index contributed by atoms with van der Waals surface area (Å²) in [6.45, 7) is 0.367. The van der Waals surface area contributed by atoms with Crippen LogP contribution >= 0.6 is 15.9 Å². The second-order valence-electron chi connectivity index (χ2n) is 5.61. The third kappa shape index (κ3) is 3.59. The fourth-order valence-corrected chi connectivity index (χ4v) is 3.12. The number of ether oxygens (including phenoxy) is 1. The Balaban J connectivity index is 1.70. The lowest BCUT2D eigenvalue weighted by molar-refractivity contribution is -0.122. The van der Waals surface area contributed by atoms with E-state index in [2.05, 4.69) is 21.2 Å². The fourth-order valence-electron chi connectivity index (χ4n) is 2.72. The molecule has 0 aliphatic carbocycles. The Kier molecular flexibility index (Phi) is 4.85. The summed E-state index contributed by atoms with van der Waals surface area (Å²) in [4.78, 5) is 26.4. The molecule has 0 aromatic heterocycles. The number of amides is 2. The largest absolute Gasteiger partial charge is 0.497 e. The maximum absolute atomic E-state index is 12.4. The average Bonchev–Trinajstić information content (AvgIpc) is 2.97. The first-order valence-corrected chi connectivity index (χ1v) is 8.37. The molecule has 6 heteroatoms. The molecular formula is C18H17BrN2O3. The van der Waals surface area contributed by atoms with Crippen molar-refractivity contribution in [2.75, 3.05) is 23.9 Å². The maximum atomic E-state index is 12.4. The van der Waals surface area contributed by atoms with E-state index in [1.54, 1.807) is 18.1 Å². The van der Waals surface area contributed by atoms with Crippen molar-refractivity contribution < 1.29 is 14.3 Å². The first-order chi connectivity index (χ1) is 11.6. The van der Waals surface area contributed by atoms with Gasteiger partial charge in [-0.3, -0.25) is 9.59 Å². The molecule has 3 rings (SSSR count). The molecule has 1 saturated heterocycles. The molecule has 124 valence electrons. The molecule has 0 spiro atoms.